The van der Waals surface area contributed by atoms with Crippen molar-refractivity contribution >= 4 is 38.5 Å². The highest BCUT2D eigenvalue weighted by Crippen LogP contribution is 2.30. The van der Waals surface area contributed by atoms with Crippen LogP contribution in [0.2, 0.25) is 39.3 Å². The zero-order chi connectivity index (χ0) is 24.9. The van der Waals surface area contributed by atoms with E-state index >= 15 is 0 Å². The van der Waals surface area contributed by atoms with Crippen LogP contribution in [0.25, 0.3) is 0 Å². The molecule has 0 amide bonds. The van der Waals surface area contributed by atoms with Crippen molar-refractivity contribution in [3.05, 3.63) is 72.2 Å². The van der Waals surface area contributed by atoms with Gasteiger partial charge in [0.25, 0.3) is 0 Å². The second-order valence-corrected chi connectivity index (χ2v) is 20.7. The van der Waals surface area contributed by atoms with E-state index in [0.717, 1.165) is 6.42 Å². The standard InChI is InChI=1S/C26H34O6Si2/c1-33(2,3)21-15-11-19(12-16-21)25(27)31-29-23-9-7-8-10-24(23)30-32-26(28)20-13-17-22(18-14-20)34(4,5)6/h7,11-18,23H,8-10H2,1-6H3. The molecule has 0 N–H and O–H groups in total. The molecule has 1 aliphatic rings. The van der Waals surface area contributed by atoms with Crippen LogP contribution in [0.4, 0.5) is 0 Å². The summed E-state index contributed by atoms with van der Waals surface area (Å²) in [4.78, 5) is 45.7. The summed E-state index contributed by atoms with van der Waals surface area (Å²) in [5.41, 5.74) is 0.827. The SMILES string of the molecule is C[Si](C)(C)c1ccc(C(=O)OO[C]2CC[CH]CC2OOC(=O)c2ccc([Si](C)(C)C)cc2)cc1. The third kappa shape index (κ3) is 7.12. The molecule has 0 spiro atoms. The van der Waals surface area contributed by atoms with Crippen molar-refractivity contribution in [3.8, 4) is 0 Å². The summed E-state index contributed by atoms with van der Waals surface area (Å²) in [6, 6.07) is 14.9. The summed E-state index contributed by atoms with van der Waals surface area (Å²) in [6.45, 7) is 13.5. The van der Waals surface area contributed by atoms with Gasteiger partial charge < -0.3 is 0 Å². The molecule has 1 saturated carbocycles. The van der Waals surface area contributed by atoms with Crippen LogP contribution >= 0.6 is 0 Å². The number of rotatable bonds is 8. The monoisotopic (exact) mass is 498 g/mol. The molecule has 1 unspecified atom stereocenters. The lowest BCUT2D eigenvalue weighted by molar-refractivity contribution is -0.317. The lowest BCUT2D eigenvalue weighted by atomic mass is 9.95. The van der Waals surface area contributed by atoms with Crippen molar-refractivity contribution in [2.75, 3.05) is 0 Å². The molecule has 1 fully saturated rings. The van der Waals surface area contributed by atoms with E-state index in [9.17, 15) is 9.59 Å². The van der Waals surface area contributed by atoms with E-state index in [1.54, 1.807) is 24.3 Å². The summed E-state index contributed by atoms with van der Waals surface area (Å²) < 4.78 is 0. The first-order chi connectivity index (χ1) is 15.9. The Hall–Kier alpha value is -2.27. The fourth-order valence-electron chi connectivity index (χ4n) is 3.50. The molecule has 0 saturated heterocycles. The Balaban J connectivity index is 1.53. The Morgan fingerprint density at radius 1 is 0.735 bits per heavy atom. The lowest BCUT2D eigenvalue weighted by Crippen LogP contribution is -2.37. The molecule has 1 atom stereocenters. The first-order valence-electron chi connectivity index (χ1n) is 11.6. The maximum absolute atomic E-state index is 12.4. The molecular formula is C26H34O6Si2. The van der Waals surface area contributed by atoms with Crippen molar-refractivity contribution in [2.45, 2.75) is 64.6 Å². The minimum absolute atomic E-state index is 0.413. The molecule has 6 nitrogen and oxygen atoms in total. The zero-order valence-electron chi connectivity index (χ0n) is 20.8. The molecular weight excluding hydrogens is 464 g/mol. The average Bonchev–Trinajstić information content (AvgIpc) is 2.80. The summed E-state index contributed by atoms with van der Waals surface area (Å²) in [7, 11) is -2.89. The van der Waals surface area contributed by atoms with Crippen LogP contribution in [-0.4, -0.2) is 34.2 Å². The molecule has 2 radical (unpaired) electrons. The van der Waals surface area contributed by atoms with Crippen molar-refractivity contribution in [2.24, 2.45) is 0 Å². The predicted octanol–water partition coefficient (Wildman–Crippen LogP) is 4.94. The van der Waals surface area contributed by atoms with Crippen LogP contribution in [0.3, 0.4) is 0 Å². The number of hydrogen-bond acceptors (Lipinski definition) is 6. The van der Waals surface area contributed by atoms with Crippen molar-refractivity contribution in [3.63, 3.8) is 0 Å². The molecule has 182 valence electrons. The number of benzene rings is 2. The van der Waals surface area contributed by atoms with E-state index in [2.05, 4.69) is 39.3 Å². The Bertz CT molecular complexity index is 893. The van der Waals surface area contributed by atoms with Crippen molar-refractivity contribution in [1.82, 2.24) is 0 Å². The molecule has 0 bridgehead atoms. The third-order valence-electron chi connectivity index (χ3n) is 5.77. The maximum atomic E-state index is 12.4. The highest BCUT2D eigenvalue weighted by molar-refractivity contribution is 6.89. The summed E-state index contributed by atoms with van der Waals surface area (Å²) >= 11 is 0. The van der Waals surface area contributed by atoms with Gasteiger partial charge in [0, 0.05) is 0 Å². The van der Waals surface area contributed by atoms with Gasteiger partial charge in [0.1, 0.15) is 6.10 Å². The fourth-order valence-corrected chi connectivity index (χ4v) is 5.83. The Labute approximate surface area is 204 Å². The van der Waals surface area contributed by atoms with Crippen LogP contribution in [0, 0.1) is 12.5 Å². The van der Waals surface area contributed by atoms with Crippen molar-refractivity contribution < 1.29 is 29.1 Å². The first kappa shape index (κ1) is 26.3. The van der Waals surface area contributed by atoms with E-state index in [-0.39, 0.29) is 0 Å². The zero-order valence-corrected chi connectivity index (χ0v) is 22.8. The van der Waals surface area contributed by atoms with Crippen LogP contribution in [0.5, 0.6) is 0 Å². The second kappa shape index (κ2) is 11.0. The third-order valence-corrected chi connectivity index (χ3v) is 9.90. The molecule has 1 aliphatic carbocycles. The van der Waals surface area contributed by atoms with Crippen molar-refractivity contribution in [1.29, 1.82) is 0 Å². The van der Waals surface area contributed by atoms with E-state index in [4.69, 9.17) is 19.6 Å². The summed E-state index contributed by atoms with van der Waals surface area (Å²) in [5.74, 6) is -1.16. The minimum atomic E-state index is -1.45. The van der Waals surface area contributed by atoms with Gasteiger partial charge in [-0.05, 0) is 49.9 Å². The second-order valence-electron chi connectivity index (χ2n) is 10.6. The van der Waals surface area contributed by atoms with E-state index in [1.807, 2.05) is 30.7 Å². The van der Waals surface area contributed by atoms with Gasteiger partial charge in [-0.15, -0.1) is 0 Å². The average molecular weight is 499 g/mol. The summed E-state index contributed by atoms with van der Waals surface area (Å²) in [5, 5.41) is 2.51. The van der Waals surface area contributed by atoms with Gasteiger partial charge in [0.05, 0.1) is 27.3 Å². The van der Waals surface area contributed by atoms with E-state index < -0.39 is 34.2 Å². The molecule has 2 aromatic carbocycles. The normalized spacial score (nSPS) is 17.3. The highest BCUT2D eigenvalue weighted by atomic mass is 28.3. The summed E-state index contributed by atoms with van der Waals surface area (Å²) in [6.07, 6.45) is 3.54. The molecule has 8 heteroatoms. The van der Waals surface area contributed by atoms with Crippen LogP contribution in [-0.2, 0) is 19.6 Å². The maximum Gasteiger partial charge on any atom is 0.373 e. The van der Waals surface area contributed by atoms with Crippen LogP contribution in [0.15, 0.2) is 48.5 Å². The molecule has 3 rings (SSSR count). The van der Waals surface area contributed by atoms with Gasteiger partial charge in [-0.2, -0.15) is 9.78 Å². The molecule has 34 heavy (non-hydrogen) atoms. The van der Waals surface area contributed by atoms with Gasteiger partial charge in [0.15, 0.2) is 6.10 Å². The topological polar surface area (TPSA) is 71.1 Å². The first-order valence-corrected chi connectivity index (χ1v) is 18.6. The van der Waals surface area contributed by atoms with Gasteiger partial charge in [-0.25, -0.2) is 9.59 Å². The van der Waals surface area contributed by atoms with Gasteiger partial charge in [-0.3, -0.25) is 9.78 Å². The number of carbonyl (C=O) groups is 2. The Morgan fingerprint density at radius 3 is 1.68 bits per heavy atom. The molecule has 0 aliphatic heterocycles. The predicted molar refractivity (Wildman–Crippen MR) is 137 cm³/mol. The van der Waals surface area contributed by atoms with Gasteiger partial charge in [-0.1, -0.05) is 73.9 Å². The molecule has 0 heterocycles. The fraction of sp³-hybridized carbons (Fsp3) is 0.385. The number of carbonyl (C=O) groups excluding carboxylic acids is 2. The largest absolute Gasteiger partial charge is 0.373 e. The molecule has 2 aromatic rings. The Kier molecular flexibility index (Phi) is 8.51. The smallest absolute Gasteiger partial charge is 0.292 e. The van der Waals surface area contributed by atoms with Crippen LogP contribution < -0.4 is 10.4 Å². The van der Waals surface area contributed by atoms with E-state index in [1.165, 1.54) is 10.4 Å². The highest BCUT2D eigenvalue weighted by Gasteiger charge is 2.33. The minimum Gasteiger partial charge on any atom is -0.292 e. The number of hydrogen-bond donors (Lipinski definition) is 0. The Morgan fingerprint density at radius 2 is 1.21 bits per heavy atom. The molecule has 0 aromatic heterocycles. The van der Waals surface area contributed by atoms with Crippen LogP contribution in [0.1, 0.15) is 40.0 Å². The van der Waals surface area contributed by atoms with Gasteiger partial charge >= 0.3 is 11.9 Å². The van der Waals surface area contributed by atoms with E-state index in [0.29, 0.717) is 30.1 Å². The quantitative estimate of drug-likeness (QED) is 0.292. The van der Waals surface area contributed by atoms with Gasteiger partial charge in [0.2, 0.25) is 0 Å². The lowest BCUT2D eigenvalue weighted by Gasteiger charge is -2.26.